The molecule has 1 heterocycles. The van der Waals surface area contributed by atoms with Crippen molar-refractivity contribution in [3.8, 4) is 0 Å². The second kappa shape index (κ2) is 8.27. The topological polar surface area (TPSA) is 34.1 Å². The Hall–Kier alpha value is -1.07. The summed E-state index contributed by atoms with van der Waals surface area (Å²) in [5.74, 6) is 0. The van der Waals surface area contributed by atoms with Crippen LogP contribution in [0.2, 0.25) is 5.02 Å². The Labute approximate surface area is 128 Å². The predicted octanol–water partition coefficient (Wildman–Crippen LogP) is 3.62. The number of nitrogens with one attached hydrogen (secondary N) is 1. The minimum Gasteiger partial charge on any atom is -0.383 e. The number of pyridine rings is 1. The van der Waals surface area contributed by atoms with Gasteiger partial charge in [-0.05, 0) is 29.8 Å². The molecule has 0 aliphatic rings. The van der Waals surface area contributed by atoms with Crippen LogP contribution in [-0.2, 0) is 11.3 Å². The largest absolute Gasteiger partial charge is 0.383 e. The van der Waals surface area contributed by atoms with E-state index in [-0.39, 0.29) is 0 Å². The quantitative estimate of drug-likeness (QED) is 0.792. The van der Waals surface area contributed by atoms with Crippen LogP contribution < -0.4 is 5.32 Å². The minimum absolute atomic E-state index is 0.683. The summed E-state index contributed by atoms with van der Waals surface area (Å²) in [5, 5.41) is 4.83. The molecule has 2 rings (SSSR count). The highest BCUT2D eigenvalue weighted by Gasteiger charge is 2.03. The first-order valence-corrected chi connectivity index (χ1v) is 7.56. The smallest absolute Gasteiger partial charge is 0.119 e. The summed E-state index contributed by atoms with van der Waals surface area (Å²) >= 11 is 7.67. The van der Waals surface area contributed by atoms with Gasteiger partial charge >= 0.3 is 0 Å². The summed E-state index contributed by atoms with van der Waals surface area (Å²) in [4.78, 5) is 5.40. The first kappa shape index (κ1) is 15.3. The number of aromatic nitrogens is 1. The van der Waals surface area contributed by atoms with Gasteiger partial charge in [0, 0.05) is 31.3 Å². The van der Waals surface area contributed by atoms with Crippen LogP contribution in [0.1, 0.15) is 5.56 Å². The van der Waals surface area contributed by atoms with Crippen LogP contribution in [0, 0.1) is 0 Å². The van der Waals surface area contributed by atoms with E-state index in [4.69, 9.17) is 16.3 Å². The molecule has 3 nitrogen and oxygen atoms in total. The summed E-state index contributed by atoms with van der Waals surface area (Å²) in [6.45, 7) is 2.43. The van der Waals surface area contributed by atoms with Crippen molar-refractivity contribution in [2.24, 2.45) is 0 Å². The summed E-state index contributed by atoms with van der Waals surface area (Å²) in [5.41, 5.74) is 1.25. The van der Waals surface area contributed by atoms with E-state index in [1.54, 1.807) is 25.1 Å². The Balaban J connectivity index is 1.90. The van der Waals surface area contributed by atoms with Gasteiger partial charge in [-0.15, -0.1) is 0 Å². The maximum atomic E-state index is 6.10. The zero-order valence-corrected chi connectivity index (χ0v) is 12.9. The maximum Gasteiger partial charge on any atom is 0.119 e. The van der Waals surface area contributed by atoms with Crippen molar-refractivity contribution in [3.63, 3.8) is 0 Å². The number of ether oxygens (including phenoxy) is 1. The molecule has 106 valence electrons. The third-order valence-corrected chi connectivity index (χ3v) is 4.12. The first-order chi connectivity index (χ1) is 9.79. The van der Waals surface area contributed by atoms with Gasteiger partial charge in [0.1, 0.15) is 5.03 Å². The number of hydrogen-bond acceptors (Lipinski definition) is 4. The molecule has 20 heavy (non-hydrogen) atoms. The van der Waals surface area contributed by atoms with Gasteiger partial charge in [0.2, 0.25) is 0 Å². The number of rotatable bonds is 7. The molecule has 1 N–H and O–H groups in total. The zero-order valence-electron chi connectivity index (χ0n) is 11.3. The summed E-state index contributed by atoms with van der Waals surface area (Å²) in [6.07, 6.45) is 1.75. The fourth-order valence-electron chi connectivity index (χ4n) is 1.64. The fourth-order valence-corrected chi connectivity index (χ4v) is 2.65. The molecule has 0 fully saturated rings. The molecule has 0 amide bonds. The van der Waals surface area contributed by atoms with E-state index in [1.165, 1.54) is 5.56 Å². The number of benzene rings is 1. The van der Waals surface area contributed by atoms with Crippen molar-refractivity contribution < 1.29 is 4.74 Å². The van der Waals surface area contributed by atoms with E-state index in [1.807, 2.05) is 12.1 Å². The molecule has 0 unspecified atom stereocenters. The predicted molar refractivity (Wildman–Crippen MR) is 83.4 cm³/mol. The van der Waals surface area contributed by atoms with Crippen LogP contribution in [0.5, 0.6) is 0 Å². The molecule has 0 radical (unpaired) electrons. The molecule has 0 aliphatic carbocycles. The molecule has 0 saturated heterocycles. The molecule has 0 atom stereocenters. The highest BCUT2D eigenvalue weighted by Crippen LogP contribution is 2.31. The average molecular weight is 309 g/mol. The van der Waals surface area contributed by atoms with Gasteiger partial charge in [0.25, 0.3) is 0 Å². The van der Waals surface area contributed by atoms with E-state index < -0.39 is 0 Å². The standard InChI is InChI=1S/C15H17ClN2OS/c1-19-10-9-17-11-12-4-6-13(7-5-12)20-15-14(16)3-2-8-18-15/h2-8,17H,9-11H2,1H3. The lowest BCUT2D eigenvalue weighted by Gasteiger charge is -2.06. The van der Waals surface area contributed by atoms with Gasteiger partial charge in [-0.1, -0.05) is 35.5 Å². The van der Waals surface area contributed by atoms with Crippen LogP contribution in [0.25, 0.3) is 0 Å². The van der Waals surface area contributed by atoms with Crippen molar-refractivity contribution in [3.05, 3.63) is 53.2 Å². The Kier molecular flexibility index (Phi) is 6.33. The maximum absolute atomic E-state index is 6.10. The van der Waals surface area contributed by atoms with Crippen molar-refractivity contribution in [1.82, 2.24) is 10.3 Å². The fraction of sp³-hybridized carbons (Fsp3) is 0.267. The Morgan fingerprint density at radius 1 is 1.25 bits per heavy atom. The van der Waals surface area contributed by atoms with Gasteiger partial charge in [-0.25, -0.2) is 4.98 Å². The van der Waals surface area contributed by atoms with Crippen LogP contribution in [-0.4, -0.2) is 25.2 Å². The lowest BCUT2D eigenvalue weighted by atomic mass is 10.2. The van der Waals surface area contributed by atoms with Crippen molar-refractivity contribution in [1.29, 1.82) is 0 Å². The summed E-state index contributed by atoms with van der Waals surface area (Å²) in [7, 11) is 1.70. The third kappa shape index (κ3) is 4.80. The van der Waals surface area contributed by atoms with E-state index in [0.29, 0.717) is 5.02 Å². The molecule has 1 aromatic heterocycles. The molecule has 5 heteroatoms. The van der Waals surface area contributed by atoms with E-state index in [2.05, 4.69) is 34.6 Å². The van der Waals surface area contributed by atoms with Crippen LogP contribution in [0.4, 0.5) is 0 Å². The highest BCUT2D eigenvalue weighted by atomic mass is 35.5. The first-order valence-electron chi connectivity index (χ1n) is 6.36. The van der Waals surface area contributed by atoms with Gasteiger partial charge < -0.3 is 10.1 Å². The van der Waals surface area contributed by atoms with Gasteiger partial charge in [-0.3, -0.25) is 0 Å². The van der Waals surface area contributed by atoms with Crippen molar-refractivity contribution in [2.45, 2.75) is 16.5 Å². The summed E-state index contributed by atoms with van der Waals surface area (Å²) < 4.78 is 4.99. The van der Waals surface area contributed by atoms with Crippen molar-refractivity contribution >= 4 is 23.4 Å². The molecule has 0 bridgehead atoms. The van der Waals surface area contributed by atoms with Gasteiger partial charge in [-0.2, -0.15) is 0 Å². The highest BCUT2D eigenvalue weighted by molar-refractivity contribution is 7.99. The van der Waals surface area contributed by atoms with E-state index in [9.17, 15) is 0 Å². The monoisotopic (exact) mass is 308 g/mol. The normalized spacial score (nSPS) is 10.7. The van der Waals surface area contributed by atoms with Crippen LogP contribution in [0.3, 0.4) is 0 Å². The zero-order chi connectivity index (χ0) is 14.2. The molecule has 2 aromatic rings. The van der Waals surface area contributed by atoms with Crippen LogP contribution in [0.15, 0.2) is 52.5 Å². The van der Waals surface area contributed by atoms with E-state index >= 15 is 0 Å². The molecular weight excluding hydrogens is 292 g/mol. The Morgan fingerprint density at radius 2 is 2.05 bits per heavy atom. The average Bonchev–Trinajstić information content (AvgIpc) is 2.48. The third-order valence-electron chi connectivity index (χ3n) is 2.67. The lowest BCUT2D eigenvalue weighted by molar-refractivity contribution is 0.199. The summed E-state index contributed by atoms with van der Waals surface area (Å²) in [6, 6.07) is 12.1. The molecule has 1 aromatic carbocycles. The molecular formula is C15H17ClN2OS. The minimum atomic E-state index is 0.683. The number of methoxy groups -OCH3 is 1. The number of nitrogens with zero attached hydrogens (tertiary/aromatic N) is 1. The number of hydrogen-bond donors (Lipinski definition) is 1. The second-order valence-corrected chi connectivity index (χ2v) is 5.68. The number of halogens is 1. The Morgan fingerprint density at radius 3 is 2.75 bits per heavy atom. The SMILES string of the molecule is COCCNCc1ccc(Sc2ncccc2Cl)cc1. The van der Waals surface area contributed by atoms with Crippen LogP contribution >= 0.6 is 23.4 Å². The van der Waals surface area contributed by atoms with Crippen molar-refractivity contribution in [2.75, 3.05) is 20.3 Å². The molecule has 0 aliphatic heterocycles. The van der Waals surface area contributed by atoms with E-state index in [0.717, 1.165) is 29.6 Å². The second-order valence-electron chi connectivity index (χ2n) is 4.21. The Bertz CT molecular complexity index is 534. The molecule has 0 spiro atoms. The van der Waals surface area contributed by atoms with Gasteiger partial charge in [0.05, 0.1) is 11.6 Å². The van der Waals surface area contributed by atoms with Gasteiger partial charge in [0.15, 0.2) is 0 Å². The lowest BCUT2D eigenvalue weighted by Crippen LogP contribution is -2.18. The molecule has 0 saturated carbocycles.